The van der Waals surface area contributed by atoms with E-state index < -0.39 is 0 Å². The topological polar surface area (TPSA) is 43.9 Å². The van der Waals surface area contributed by atoms with Gasteiger partial charge in [-0.25, -0.2) is 0 Å². The SMILES string of the molecule is O=C(C=Cc1ccc(-c2ccccc2)s1)N1CCCN(CC(=O)N2CCCC2)CC1. The third-order valence-electron chi connectivity index (χ3n) is 5.79. The Morgan fingerprint density at radius 2 is 1.60 bits per heavy atom. The van der Waals surface area contributed by atoms with Crippen molar-refractivity contribution in [1.29, 1.82) is 0 Å². The third kappa shape index (κ3) is 5.37. The second kappa shape index (κ2) is 10.0. The van der Waals surface area contributed by atoms with Gasteiger partial charge in [0.25, 0.3) is 0 Å². The van der Waals surface area contributed by atoms with Gasteiger partial charge in [0.15, 0.2) is 0 Å². The number of likely N-dealkylation sites (tertiary alicyclic amines) is 1. The summed E-state index contributed by atoms with van der Waals surface area (Å²) in [7, 11) is 0. The number of hydrogen-bond donors (Lipinski definition) is 0. The van der Waals surface area contributed by atoms with Crippen molar-refractivity contribution in [3.63, 3.8) is 0 Å². The molecule has 158 valence electrons. The first kappa shape index (κ1) is 20.8. The van der Waals surface area contributed by atoms with Gasteiger partial charge in [-0.3, -0.25) is 14.5 Å². The van der Waals surface area contributed by atoms with Gasteiger partial charge in [-0.15, -0.1) is 11.3 Å². The van der Waals surface area contributed by atoms with E-state index in [-0.39, 0.29) is 11.8 Å². The minimum absolute atomic E-state index is 0.0531. The van der Waals surface area contributed by atoms with Crippen molar-refractivity contribution in [3.05, 3.63) is 53.4 Å². The van der Waals surface area contributed by atoms with E-state index >= 15 is 0 Å². The smallest absolute Gasteiger partial charge is 0.246 e. The van der Waals surface area contributed by atoms with Gasteiger partial charge in [0.05, 0.1) is 6.54 Å². The first-order valence-electron chi connectivity index (χ1n) is 10.8. The Morgan fingerprint density at radius 3 is 2.40 bits per heavy atom. The summed E-state index contributed by atoms with van der Waals surface area (Å²) in [4.78, 5) is 33.4. The molecule has 2 amide bonds. The van der Waals surface area contributed by atoms with Crippen molar-refractivity contribution in [2.75, 3.05) is 45.8 Å². The Morgan fingerprint density at radius 1 is 0.833 bits per heavy atom. The summed E-state index contributed by atoms with van der Waals surface area (Å²) < 4.78 is 0. The van der Waals surface area contributed by atoms with Crippen LogP contribution < -0.4 is 0 Å². The monoisotopic (exact) mass is 423 g/mol. The lowest BCUT2D eigenvalue weighted by Crippen LogP contribution is -2.41. The highest BCUT2D eigenvalue weighted by Crippen LogP contribution is 2.28. The summed E-state index contributed by atoms with van der Waals surface area (Å²) in [5, 5.41) is 0. The van der Waals surface area contributed by atoms with Gasteiger partial charge in [-0.1, -0.05) is 30.3 Å². The number of rotatable bonds is 5. The van der Waals surface area contributed by atoms with E-state index in [0.29, 0.717) is 13.1 Å². The molecule has 0 spiro atoms. The van der Waals surface area contributed by atoms with Crippen LogP contribution >= 0.6 is 11.3 Å². The lowest BCUT2D eigenvalue weighted by Gasteiger charge is -2.23. The van der Waals surface area contributed by atoms with Crippen LogP contribution in [0.1, 0.15) is 24.1 Å². The Balaban J connectivity index is 1.28. The van der Waals surface area contributed by atoms with Crippen molar-refractivity contribution >= 4 is 29.2 Å². The summed E-state index contributed by atoms with van der Waals surface area (Å²) >= 11 is 1.69. The molecule has 0 aliphatic carbocycles. The van der Waals surface area contributed by atoms with Crippen LogP contribution in [-0.2, 0) is 9.59 Å². The normalized spacial score (nSPS) is 18.1. The summed E-state index contributed by atoms with van der Waals surface area (Å²) in [5.74, 6) is 0.288. The number of benzene rings is 1. The number of nitrogens with zero attached hydrogens (tertiary/aromatic N) is 3. The minimum Gasteiger partial charge on any atom is -0.342 e. The summed E-state index contributed by atoms with van der Waals surface area (Å²) in [6, 6.07) is 14.5. The summed E-state index contributed by atoms with van der Waals surface area (Å²) in [6.07, 6.45) is 6.75. The van der Waals surface area contributed by atoms with E-state index in [1.165, 1.54) is 10.4 Å². The molecule has 2 aliphatic rings. The van der Waals surface area contributed by atoms with Crippen LogP contribution in [0.4, 0.5) is 0 Å². The van der Waals surface area contributed by atoms with E-state index in [4.69, 9.17) is 0 Å². The first-order chi connectivity index (χ1) is 14.7. The molecule has 5 nitrogen and oxygen atoms in total. The number of carbonyl (C=O) groups excluding carboxylic acids is 2. The molecule has 2 fully saturated rings. The fourth-order valence-electron chi connectivity index (χ4n) is 4.07. The Bertz CT molecular complexity index is 887. The van der Waals surface area contributed by atoms with Gasteiger partial charge in [-0.2, -0.15) is 0 Å². The number of carbonyl (C=O) groups is 2. The maximum atomic E-state index is 12.7. The standard InChI is InChI=1S/C24H29N3O2S/c28-23(12-10-21-9-11-22(30-21)20-7-2-1-3-8-20)27-16-6-13-25(17-18-27)19-24(29)26-14-4-5-15-26/h1-3,7-12H,4-6,13-19H2. The predicted molar refractivity (Wildman–Crippen MR) is 122 cm³/mol. The Hall–Kier alpha value is -2.44. The second-order valence-electron chi connectivity index (χ2n) is 7.94. The van der Waals surface area contributed by atoms with Crippen molar-refractivity contribution < 1.29 is 9.59 Å². The zero-order valence-electron chi connectivity index (χ0n) is 17.3. The van der Waals surface area contributed by atoms with Crippen LogP contribution in [0.5, 0.6) is 0 Å². The lowest BCUT2D eigenvalue weighted by atomic mass is 10.2. The average Bonchev–Trinajstić information content (AvgIpc) is 3.42. The van der Waals surface area contributed by atoms with Crippen LogP contribution in [-0.4, -0.2) is 72.3 Å². The van der Waals surface area contributed by atoms with Crippen molar-refractivity contribution in [3.8, 4) is 10.4 Å². The first-order valence-corrected chi connectivity index (χ1v) is 11.6. The zero-order chi connectivity index (χ0) is 20.8. The van der Waals surface area contributed by atoms with Gasteiger partial charge < -0.3 is 9.80 Å². The number of hydrogen-bond acceptors (Lipinski definition) is 4. The Kier molecular flexibility index (Phi) is 6.97. The molecular formula is C24H29N3O2S. The molecule has 0 N–H and O–H groups in total. The van der Waals surface area contributed by atoms with Gasteiger partial charge in [-0.05, 0) is 43.0 Å². The summed E-state index contributed by atoms with van der Waals surface area (Å²) in [6.45, 7) is 5.34. The van der Waals surface area contributed by atoms with Crippen LogP contribution in [0.15, 0.2) is 48.5 Å². The highest BCUT2D eigenvalue weighted by atomic mass is 32.1. The van der Waals surface area contributed by atoms with E-state index in [0.717, 1.165) is 56.9 Å². The van der Waals surface area contributed by atoms with E-state index in [1.807, 2.05) is 34.1 Å². The van der Waals surface area contributed by atoms with E-state index in [1.54, 1.807) is 17.4 Å². The molecule has 0 unspecified atom stereocenters. The maximum absolute atomic E-state index is 12.7. The minimum atomic E-state index is 0.0531. The number of thiophene rings is 1. The van der Waals surface area contributed by atoms with Crippen molar-refractivity contribution in [2.24, 2.45) is 0 Å². The van der Waals surface area contributed by atoms with Crippen molar-refractivity contribution in [2.45, 2.75) is 19.3 Å². The van der Waals surface area contributed by atoms with E-state index in [2.05, 4.69) is 29.2 Å². The molecular weight excluding hydrogens is 394 g/mol. The molecule has 4 rings (SSSR count). The molecule has 2 aromatic rings. The van der Waals surface area contributed by atoms with Crippen LogP contribution in [0, 0.1) is 0 Å². The zero-order valence-corrected chi connectivity index (χ0v) is 18.2. The molecule has 0 radical (unpaired) electrons. The molecule has 30 heavy (non-hydrogen) atoms. The average molecular weight is 424 g/mol. The van der Waals surface area contributed by atoms with Gasteiger partial charge in [0.2, 0.25) is 11.8 Å². The van der Waals surface area contributed by atoms with E-state index in [9.17, 15) is 9.59 Å². The second-order valence-corrected chi connectivity index (χ2v) is 9.06. The molecule has 2 aliphatic heterocycles. The molecule has 1 aromatic carbocycles. The van der Waals surface area contributed by atoms with Crippen LogP contribution in [0.2, 0.25) is 0 Å². The predicted octanol–water partition coefficient (Wildman–Crippen LogP) is 3.59. The quantitative estimate of drug-likeness (QED) is 0.691. The van der Waals surface area contributed by atoms with Crippen molar-refractivity contribution in [1.82, 2.24) is 14.7 Å². The van der Waals surface area contributed by atoms with Gasteiger partial charge in [0, 0.05) is 55.1 Å². The molecule has 0 bridgehead atoms. The highest BCUT2D eigenvalue weighted by molar-refractivity contribution is 7.16. The van der Waals surface area contributed by atoms with Crippen LogP contribution in [0.25, 0.3) is 16.5 Å². The van der Waals surface area contributed by atoms with Crippen LogP contribution in [0.3, 0.4) is 0 Å². The molecule has 2 saturated heterocycles. The van der Waals surface area contributed by atoms with Gasteiger partial charge in [0.1, 0.15) is 0 Å². The third-order valence-corrected chi connectivity index (χ3v) is 6.89. The molecule has 1 aromatic heterocycles. The molecule has 3 heterocycles. The fourth-order valence-corrected chi connectivity index (χ4v) is 4.98. The highest BCUT2D eigenvalue weighted by Gasteiger charge is 2.23. The largest absolute Gasteiger partial charge is 0.342 e. The fraction of sp³-hybridized carbons (Fsp3) is 0.417. The summed E-state index contributed by atoms with van der Waals surface area (Å²) in [5.41, 5.74) is 1.20. The molecule has 0 saturated carbocycles. The number of amides is 2. The lowest BCUT2D eigenvalue weighted by molar-refractivity contribution is -0.131. The maximum Gasteiger partial charge on any atom is 0.246 e. The Labute approximate surface area is 182 Å². The molecule has 0 atom stereocenters. The molecule has 6 heteroatoms. The van der Waals surface area contributed by atoms with Gasteiger partial charge >= 0.3 is 0 Å².